The van der Waals surface area contributed by atoms with Gasteiger partial charge in [0.05, 0.1) is 21.3 Å². The molecule has 0 saturated carbocycles. The van der Waals surface area contributed by atoms with Crippen LogP contribution in [0.15, 0.2) is 40.9 Å². The number of ether oxygens (including phenoxy) is 1. The van der Waals surface area contributed by atoms with Gasteiger partial charge in [0.15, 0.2) is 0 Å². The Morgan fingerprint density at radius 1 is 1.14 bits per heavy atom. The summed E-state index contributed by atoms with van der Waals surface area (Å²) >= 11 is 15.6. The lowest BCUT2D eigenvalue weighted by atomic mass is 10.2. The van der Waals surface area contributed by atoms with Gasteiger partial charge in [0, 0.05) is 11.6 Å². The van der Waals surface area contributed by atoms with Crippen molar-refractivity contribution in [3.63, 3.8) is 0 Å². The van der Waals surface area contributed by atoms with Crippen molar-refractivity contribution in [3.8, 4) is 5.75 Å². The second kappa shape index (κ2) is 7.39. The SMILES string of the molecule is CC(C)Oc1ccc(CNc2cc(Cl)ccc2Cl)cc1Br. The van der Waals surface area contributed by atoms with Gasteiger partial charge in [0.25, 0.3) is 0 Å². The van der Waals surface area contributed by atoms with Crippen LogP contribution >= 0.6 is 39.1 Å². The minimum Gasteiger partial charge on any atom is -0.490 e. The molecule has 0 unspecified atom stereocenters. The molecule has 0 amide bonds. The van der Waals surface area contributed by atoms with Crippen LogP contribution in [0.25, 0.3) is 0 Å². The zero-order valence-corrected chi connectivity index (χ0v) is 14.9. The van der Waals surface area contributed by atoms with Crippen LogP contribution in [0.3, 0.4) is 0 Å². The molecule has 0 aliphatic heterocycles. The monoisotopic (exact) mass is 387 g/mol. The lowest BCUT2D eigenvalue weighted by molar-refractivity contribution is 0.241. The van der Waals surface area contributed by atoms with E-state index in [-0.39, 0.29) is 6.10 Å². The predicted molar refractivity (Wildman–Crippen MR) is 93.7 cm³/mol. The van der Waals surface area contributed by atoms with Crippen molar-refractivity contribution < 1.29 is 4.74 Å². The molecule has 0 spiro atoms. The van der Waals surface area contributed by atoms with Crippen molar-refractivity contribution >= 4 is 44.8 Å². The van der Waals surface area contributed by atoms with E-state index in [9.17, 15) is 0 Å². The average molecular weight is 389 g/mol. The highest BCUT2D eigenvalue weighted by molar-refractivity contribution is 9.10. The Morgan fingerprint density at radius 2 is 1.90 bits per heavy atom. The van der Waals surface area contributed by atoms with Crippen molar-refractivity contribution in [2.45, 2.75) is 26.5 Å². The van der Waals surface area contributed by atoms with Crippen LogP contribution in [-0.2, 0) is 6.54 Å². The molecule has 0 heterocycles. The Labute approximate surface area is 143 Å². The lowest BCUT2D eigenvalue weighted by Crippen LogP contribution is -2.06. The van der Waals surface area contributed by atoms with Crippen molar-refractivity contribution in [2.75, 3.05) is 5.32 Å². The number of rotatable bonds is 5. The van der Waals surface area contributed by atoms with E-state index < -0.39 is 0 Å². The van der Waals surface area contributed by atoms with E-state index in [4.69, 9.17) is 27.9 Å². The minimum atomic E-state index is 0.149. The van der Waals surface area contributed by atoms with Gasteiger partial charge in [-0.2, -0.15) is 0 Å². The molecule has 2 nitrogen and oxygen atoms in total. The zero-order chi connectivity index (χ0) is 15.4. The van der Waals surface area contributed by atoms with Crippen molar-refractivity contribution in [1.29, 1.82) is 0 Å². The fourth-order valence-electron chi connectivity index (χ4n) is 1.83. The molecule has 0 saturated heterocycles. The molecule has 112 valence electrons. The van der Waals surface area contributed by atoms with Gasteiger partial charge < -0.3 is 10.1 Å². The van der Waals surface area contributed by atoms with E-state index in [0.29, 0.717) is 16.6 Å². The van der Waals surface area contributed by atoms with Crippen LogP contribution in [0.2, 0.25) is 10.0 Å². The Morgan fingerprint density at radius 3 is 2.57 bits per heavy atom. The van der Waals surface area contributed by atoms with E-state index in [1.807, 2.05) is 38.1 Å². The topological polar surface area (TPSA) is 21.3 Å². The molecule has 0 atom stereocenters. The van der Waals surface area contributed by atoms with Crippen molar-refractivity contribution in [1.82, 2.24) is 0 Å². The van der Waals surface area contributed by atoms with Gasteiger partial charge in [-0.3, -0.25) is 0 Å². The summed E-state index contributed by atoms with van der Waals surface area (Å²) < 4.78 is 6.63. The molecule has 0 radical (unpaired) electrons. The Balaban J connectivity index is 2.07. The van der Waals surface area contributed by atoms with E-state index in [1.165, 1.54) is 0 Å². The highest BCUT2D eigenvalue weighted by Gasteiger charge is 2.06. The first kappa shape index (κ1) is 16.5. The molecule has 2 rings (SSSR count). The van der Waals surface area contributed by atoms with E-state index in [1.54, 1.807) is 12.1 Å². The second-order valence-electron chi connectivity index (χ2n) is 4.91. The maximum atomic E-state index is 6.13. The summed E-state index contributed by atoms with van der Waals surface area (Å²) in [5, 5.41) is 4.59. The molecular formula is C16H16BrCl2NO. The smallest absolute Gasteiger partial charge is 0.133 e. The van der Waals surface area contributed by atoms with Crippen LogP contribution < -0.4 is 10.1 Å². The molecule has 2 aromatic rings. The van der Waals surface area contributed by atoms with E-state index in [2.05, 4.69) is 21.2 Å². The summed E-state index contributed by atoms with van der Waals surface area (Å²) in [6.07, 6.45) is 0.149. The molecule has 0 bridgehead atoms. The van der Waals surface area contributed by atoms with Gasteiger partial charge in [-0.1, -0.05) is 29.3 Å². The molecule has 21 heavy (non-hydrogen) atoms. The number of nitrogens with one attached hydrogen (secondary N) is 1. The maximum Gasteiger partial charge on any atom is 0.133 e. The lowest BCUT2D eigenvalue weighted by Gasteiger charge is -2.13. The third kappa shape index (κ3) is 4.80. The molecule has 0 aromatic heterocycles. The van der Waals surface area contributed by atoms with Gasteiger partial charge in [-0.15, -0.1) is 0 Å². The summed E-state index contributed by atoms with van der Waals surface area (Å²) in [4.78, 5) is 0. The molecule has 0 fully saturated rings. The minimum absolute atomic E-state index is 0.149. The molecular weight excluding hydrogens is 373 g/mol. The molecule has 1 N–H and O–H groups in total. The normalized spacial score (nSPS) is 10.8. The first-order chi connectivity index (χ1) is 9.95. The van der Waals surface area contributed by atoms with Crippen LogP contribution in [0.1, 0.15) is 19.4 Å². The predicted octanol–water partition coefficient (Wildman–Crippen LogP) is 6.16. The second-order valence-corrected chi connectivity index (χ2v) is 6.61. The number of halogens is 3. The number of anilines is 1. The van der Waals surface area contributed by atoms with Crippen LogP contribution in [0.4, 0.5) is 5.69 Å². The van der Waals surface area contributed by atoms with Gasteiger partial charge >= 0.3 is 0 Å². The highest BCUT2D eigenvalue weighted by Crippen LogP contribution is 2.29. The number of hydrogen-bond acceptors (Lipinski definition) is 2. The van der Waals surface area contributed by atoms with Gasteiger partial charge in [-0.05, 0) is 65.7 Å². The van der Waals surface area contributed by atoms with Crippen molar-refractivity contribution in [2.24, 2.45) is 0 Å². The fourth-order valence-corrected chi connectivity index (χ4v) is 2.71. The van der Waals surface area contributed by atoms with Gasteiger partial charge in [0.1, 0.15) is 5.75 Å². The highest BCUT2D eigenvalue weighted by atomic mass is 79.9. The summed E-state index contributed by atoms with van der Waals surface area (Å²) in [5.74, 6) is 0.842. The third-order valence-electron chi connectivity index (χ3n) is 2.77. The Kier molecular flexibility index (Phi) is 5.80. The standard InChI is InChI=1S/C16H16BrCl2NO/c1-10(2)21-16-6-3-11(7-13(16)17)9-20-15-8-12(18)4-5-14(15)19/h3-8,10,20H,9H2,1-2H3. The van der Waals surface area contributed by atoms with Crippen LogP contribution in [0, 0.1) is 0 Å². The van der Waals surface area contributed by atoms with Gasteiger partial charge in [-0.25, -0.2) is 0 Å². The Bertz CT molecular complexity index is 632. The van der Waals surface area contributed by atoms with Crippen molar-refractivity contribution in [3.05, 3.63) is 56.5 Å². The van der Waals surface area contributed by atoms with Crippen LogP contribution in [-0.4, -0.2) is 6.10 Å². The molecule has 0 aliphatic carbocycles. The zero-order valence-electron chi connectivity index (χ0n) is 11.8. The van der Waals surface area contributed by atoms with Gasteiger partial charge in [0.2, 0.25) is 0 Å². The molecule has 0 aliphatic rings. The number of benzene rings is 2. The largest absolute Gasteiger partial charge is 0.490 e. The van der Waals surface area contributed by atoms with E-state index >= 15 is 0 Å². The fraction of sp³-hybridized carbons (Fsp3) is 0.250. The third-order valence-corrected chi connectivity index (χ3v) is 3.95. The maximum absolute atomic E-state index is 6.13. The Hall–Kier alpha value is -0.900. The first-order valence-electron chi connectivity index (χ1n) is 6.59. The first-order valence-corrected chi connectivity index (χ1v) is 8.14. The molecule has 5 heteroatoms. The summed E-state index contributed by atoms with van der Waals surface area (Å²) in [6, 6.07) is 11.4. The summed E-state index contributed by atoms with van der Waals surface area (Å²) in [6.45, 7) is 4.66. The number of hydrogen-bond donors (Lipinski definition) is 1. The summed E-state index contributed by atoms with van der Waals surface area (Å²) in [5.41, 5.74) is 1.94. The quantitative estimate of drug-likeness (QED) is 0.662. The van der Waals surface area contributed by atoms with E-state index in [0.717, 1.165) is 21.5 Å². The summed E-state index contributed by atoms with van der Waals surface area (Å²) in [7, 11) is 0. The van der Waals surface area contributed by atoms with Crippen LogP contribution in [0.5, 0.6) is 5.75 Å². The average Bonchev–Trinajstić information content (AvgIpc) is 2.42. The molecule has 2 aromatic carbocycles.